The average molecular weight is 253 g/mol. The van der Waals surface area contributed by atoms with E-state index in [0.29, 0.717) is 5.92 Å². The molecule has 0 unspecified atom stereocenters. The summed E-state index contributed by atoms with van der Waals surface area (Å²) in [6, 6.07) is -0.141. The zero-order valence-electron chi connectivity index (χ0n) is 12.5. The van der Waals surface area contributed by atoms with Gasteiger partial charge in [-0.1, -0.05) is 33.6 Å². The number of rotatable bonds is 4. The fraction of sp³-hybridized carbons (Fsp3) is 0.867. The first kappa shape index (κ1) is 15.5. The molecule has 1 aliphatic rings. The summed E-state index contributed by atoms with van der Waals surface area (Å²) < 4.78 is 6.08. The fourth-order valence-electron chi connectivity index (χ4n) is 3.03. The molecule has 3 nitrogen and oxygen atoms in total. The molecule has 0 spiro atoms. The van der Waals surface area contributed by atoms with Crippen molar-refractivity contribution in [2.24, 2.45) is 11.8 Å². The van der Waals surface area contributed by atoms with E-state index < -0.39 is 5.60 Å². The number of ether oxygens (including phenoxy) is 1. The highest BCUT2D eigenvalue weighted by molar-refractivity contribution is 5.23. The van der Waals surface area contributed by atoms with Crippen molar-refractivity contribution in [2.75, 3.05) is 14.1 Å². The smallest absolute Gasteiger partial charge is 0.169 e. The number of aliphatic hydroxyl groups is 1. The van der Waals surface area contributed by atoms with Crippen LogP contribution in [0.2, 0.25) is 0 Å². The Balaban J connectivity index is 3.07. The number of hydrogen-bond donors (Lipinski definition) is 1. The molecule has 1 heterocycles. The van der Waals surface area contributed by atoms with E-state index in [1.54, 1.807) is 0 Å². The van der Waals surface area contributed by atoms with Gasteiger partial charge in [0.2, 0.25) is 0 Å². The Labute approximate surface area is 112 Å². The summed E-state index contributed by atoms with van der Waals surface area (Å²) in [5.41, 5.74) is -1.20. The summed E-state index contributed by atoms with van der Waals surface area (Å²) in [5.74, 6) is 3.31. The van der Waals surface area contributed by atoms with Crippen LogP contribution in [0, 0.1) is 24.2 Å². The molecule has 0 aromatic heterocycles. The Morgan fingerprint density at radius 1 is 1.33 bits per heavy atom. The third-order valence-electron chi connectivity index (χ3n) is 3.66. The highest BCUT2D eigenvalue weighted by atomic mass is 16.5. The summed E-state index contributed by atoms with van der Waals surface area (Å²) in [4.78, 5) is 2.00. The van der Waals surface area contributed by atoms with E-state index in [9.17, 15) is 5.11 Å². The van der Waals surface area contributed by atoms with Gasteiger partial charge in [-0.3, -0.25) is 0 Å². The second-order valence-corrected chi connectivity index (χ2v) is 6.35. The molecule has 1 saturated heterocycles. The predicted octanol–water partition coefficient (Wildman–Crippen LogP) is 1.75. The van der Waals surface area contributed by atoms with Crippen LogP contribution in [0.3, 0.4) is 0 Å². The van der Waals surface area contributed by atoms with Crippen molar-refractivity contribution >= 4 is 0 Å². The average Bonchev–Trinajstić information content (AvgIpc) is 2.51. The Morgan fingerprint density at radius 3 is 2.22 bits per heavy atom. The molecule has 18 heavy (non-hydrogen) atoms. The molecule has 0 aromatic rings. The lowest BCUT2D eigenvalue weighted by Crippen LogP contribution is -2.55. The molecule has 3 heteroatoms. The highest BCUT2D eigenvalue weighted by Crippen LogP contribution is 2.39. The van der Waals surface area contributed by atoms with Crippen molar-refractivity contribution in [1.29, 1.82) is 0 Å². The Bertz CT molecular complexity index is 319. The van der Waals surface area contributed by atoms with Crippen LogP contribution in [0.5, 0.6) is 0 Å². The molecule has 0 amide bonds. The van der Waals surface area contributed by atoms with E-state index in [1.165, 1.54) is 0 Å². The topological polar surface area (TPSA) is 32.7 Å². The molecule has 0 aromatic carbocycles. The van der Waals surface area contributed by atoms with Gasteiger partial charge in [-0.05, 0) is 32.4 Å². The summed E-state index contributed by atoms with van der Waals surface area (Å²) in [7, 11) is 3.90. The summed E-state index contributed by atoms with van der Waals surface area (Å²) in [6.07, 6.45) is 6.22. The molecule has 1 N–H and O–H groups in total. The van der Waals surface area contributed by atoms with Gasteiger partial charge in [0.1, 0.15) is 6.10 Å². The van der Waals surface area contributed by atoms with Gasteiger partial charge >= 0.3 is 0 Å². The highest BCUT2D eigenvalue weighted by Gasteiger charge is 2.56. The van der Waals surface area contributed by atoms with Gasteiger partial charge in [0.25, 0.3) is 0 Å². The molecule has 1 aliphatic heterocycles. The molecule has 1 fully saturated rings. The minimum Gasteiger partial charge on any atom is -0.373 e. The van der Waals surface area contributed by atoms with Crippen LogP contribution >= 0.6 is 0 Å². The predicted molar refractivity (Wildman–Crippen MR) is 74.2 cm³/mol. The second-order valence-electron chi connectivity index (χ2n) is 6.35. The van der Waals surface area contributed by atoms with Gasteiger partial charge in [0, 0.05) is 0 Å². The van der Waals surface area contributed by atoms with Gasteiger partial charge in [-0.15, -0.1) is 6.42 Å². The third kappa shape index (κ3) is 2.71. The van der Waals surface area contributed by atoms with Gasteiger partial charge in [0.05, 0.1) is 12.1 Å². The van der Waals surface area contributed by atoms with Crippen molar-refractivity contribution in [1.82, 2.24) is 4.90 Å². The standard InChI is InChI=1S/C15H27NO2/c1-8-15(17)13(16(6)7)12(9-10(2)3)18-14(15)11(4)5/h1,10-14,17H,9H2,2-7H3/t12-,13-,14+,15-/m1/s1. The lowest BCUT2D eigenvalue weighted by Gasteiger charge is -2.35. The van der Waals surface area contributed by atoms with Crippen molar-refractivity contribution in [3.05, 3.63) is 0 Å². The minimum atomic E-state index is -1.20. The van der Waals surface area contributed by atoms with Crippen LogP contribution in [0.1, 0.15) is 34.1 Å². The maximum absolute atomic E-state index is 10.8. The van der Waals surface area contributed by atoms with Crippen LogP contribution in [0.4, 0.5) is 0 Å². The van der Waals surface area contributed by atoms with Crippen molar-refractivity contribution in [3.63, 3.8) is 0 Å². The lowest BCUT2D eigenvalue weighted by molar-refractivity contribution is -0.0473. The number of terminal acetylenes is 1. The fourth-order valence-corrected chi connectivity index (χ4v) is 3.03. The Kier molecular flexibility index (Phi) is 4.83. The van der Waals surface area contributed by atoms with Crippen LogP contribution in [-0.2, 0) is 4.74 Å². The van der Waals surface area contributed by atoms with E-state index in [0.717, 1.165) is 6.42 Å². The van der Waals surface area contributed by atoms with E-state index in [2.05, 4.69) is 19.8 Å². The molecule has 0 saturated carbocycles. The monoisotopic (exact) mass is 253 g/mol. The van der Waals surface area contributed by atoms with E-state index >= 15 is 0 Å². The Hall–Kier alpha value is -0.560. The molecule has 1 rings (SSSR count). The molecule has 0 aliphatic carbocycles. The van der Waals surface area contributed by atoms with E-state index in [1.807, 2.05) is 32.8 Å². The van der Waals surface area contributed by atoms with Crippen LogP contribution < -0.4 is 0 Å². The SMILES string of the molecule is C#C[C@]1(O)[C@H](C(C)C)O[C@H](CC(C)C)[C@H]1N(C)C. The molecular formula is C15H27NO2. The van der Waals surface area contributed by atoms with Gasteiger partial charge in [-0.25, -0.2) is 0 Å². The maximum Gasteiger partial charge on any atom is 0.169 e. The van der Waals surface area contributed by atoms with Gasteiger partial charge in [-0.2, -0.15) is 0 Å². The summed E-state index contributed by atoms with van der Waals surface area (Å²) in [5, 5.41) is 10.8. The van der Waals surface area contributed by atoms with Gasteiger partial charge < -0.3 is 14.7 Å². The van der Waals surface area contributed by atoms with E-state index in [-0.39, 0.29) is 24.2 Å². The molecule has 0 bridgehead atoms. The van der Waals surface area contributed by atoms with Crippen molar-refractivity contribution in [2.45, 2.75) is 58.0 Å². The first-order valence-corrected chi connectivity index (χ1v) is 6.76. The summed E-state index contributed by atoms with van der Waals surface area (Å²) >= 11 is 0. The zero-order chi connectivity index (χ0) is 14.1. The number of likely N-dealkylation sites (N-methyl/N-ethyl adjacent to an activating group) is 1. The molecule has 0 radical (unpaired) electrons. The van der Waals surface area contributed by atoms with Crippen LogP contribution in [-0.4, -0.2) is 48.0 Å². The number of nitrogens with zero attached hydrogens (tertiary/aromatic N) is 1. The molecule has 104 valence electrons. The summed E-state index contributed by atoms with van der Waals surface area (Å²) in [6.45, 7) is 8.40. The number of hydrogen-bond acceptors (Lipinski definition) is 3. The third-order valence-corrected chi connectivity index (χ3v) is 3.66. The molecule has 4 atom stereocenters. The Morgan fingerprint density at radius 2 is 1.89 bits per heavy atom. The molecular weight excluding hydrogens is 226 g/mol. The van der Waals surface area contributed by atoms with E-state index in [4.69, 9.17) is 11.2 Å². The lowest BCUT2D eigenvalue weighted by atomic mass is 9.82. The zero-order valence-corrected chi connectivity index (χ0v) is 12.5. The van der Waals surface area contributed by atoms with Crippen LogP contribution in [0.25, 0.3) is 0 Å². The van der Waals surface area contributed by atoms with Crippen molar-refractivity contribution in [3.8, 4) is 12.3 Å². The maximum atomic E-state index is 10.8. The minimum absolute atomic E-state index is 0.00606. The quantitative estimate of drug-likeness (QED) is 0.775. The first-order valence-electron chi connectivity index (χ1n) is 6.76. The first-order chi connectivity index (χ1) is 8.24. The van der Waals surface area contributed by atoms with Crippen LogP contribution in [0.15, 0.2) is 0 Å². The second kappa shape index (κ2) is 5.61. The largest absolute Gasteiger partial charge is 0.373 e. The van der Waals surface area contributed by atoms with Gasteiger partial charge in [0.15, 0.2) is 5.60 Å². The normalized spacial score (nSPS) is 36.6. The van der Waals surface area contributed by atoms with Crippen molar-refractivity contribution < 1.29 is 9.84 Å².